The van der Waals surface area contributed by atoms with Crippen molar-refractivity contribution >= 4 is 17.2 Å². The number of nitrogens with zero attached hydrogens (tertiary/aromatic N) is 1. The quantitative estimate of drug-likeness (QED) is 0.728. The molecular weight excluding hydrogens is 340 g/mol. The Bertz CT molecular complexity index is 863. The molecule has 3 rings (SSSR count). The number of benzene rings is 1. The predicted octanol–water partition coefficient (Wildman–Crippen LogP) is 3.66. The third kappa shape index (κ3) is 4.00. The lowest BCUT2D eigenvalue weighted by Gasteiger charge is -2.08. The molecule has 0 aliphatic carbocycles. The maximum absolute atomic E-state index is 12.4. The molecular formula is C18H18N2O4S. The van der Waals surface area contributed by atoms with E-state index in [1.165, 1.54) is 0 Å². The first-order valence-electron chi connectivity index (χ1n) is 7.61. The summed E-state index contributed by atoms with van der Waals surface area (Å²) in [5.74, 6) is 2.23. The maximum atomic E-state index is 12.4. The molecule has 7 heteroatoms. The van der Waals surface area contributed by atoms with Crippen molar-refractivity contribution in [3.63, 3.8) is 0 Å². The number of furan rings is 1. The monoisotopic (exact) mass is 358 g/mol. The molecule has 0 aliphatic heterocycles. The second-order valence-electron chi connectivity index (χ2n) is 5.30. The van der Waals surface area contributed by atoms with Gasteiger partial charge in [-0.05, 0) is 31.2 Å². The minimum atomic E-state index is -0.236. The molecule has 1 aromatic carbocycles. The Kier molecular flexibility index (Phi) is 5.04. The first-order valence-corrected chi connectivity index (χ1v) is 8.49. The van der Waals surface area contributed by atoms with Crippen LogP contribution in [-0.2, 0) is 6.54 Å². The summed E-state index contributed by atoms with van der Waals surface area (Å²) in [5.41, 5.74) is 1.26. The Morgan fingerprint density at radius 3 is 2.52 bits per heavy atom. The number of hydrogen-bond donors (Lipinski definition) is 1. The van der Waals surface area contributed by atoms with Crippen molar-refractivity contribution in [2.75, 3.05) is 14.2 Å². The number of thiazole rings is 1. The van der Waals surface area contributed by atoms with Crippen molar-refractivity contribution in [3.05, 3.63) is 52.0 Å². The number of hydrogen-bond acceptors (Lipinski definition) is 6. The summed E-state index contributed by atoms with van der Waals surface area (Å²) >= 11 is 1.57. The first kappa shape index (κ1) is 17.0. The van der Waals surface area contributed by atoms with Gasteiger partial charge in [0.1, 0.15) is 23.0 Å². The summed E-state index contributed by atoms with van der Waals surface area (Å²) in [7, 11) is 3.09. The van der Waals surface area contributed by atoms with Gasteiger partial charge in [-0.15, -0.1) is 11.3 Å². The fourth-order valence-corrected chi connectivity index (χ4v) is 2.90. The molecule has 0 saturated carbocycles. The van der Waals surface area contributed by atoms with E-state index in [0.29, 0.717) is 28.6 Å². The van der Waals surface area contributed by atoms with Gasteiger partial charge in [-0.2, -0.15) is 0 Å². The summed E-state index contributed by atoms with van der Waals surface area (Å²) in [6.07, 6.45) is 0. The summed E-state index contributed by atoms with van der Waals surface area (Å²) in [6, 6.07) is 8.71. The van der Waals surface area contributed by atoms with Crippen LogP contribution in [0.15, 0.2) is 40.1 Å². The van der Waals surface area contributed by atoms with Gasteiger partial charge >= 0.3 is 0 Å². The highest BCUT2D eigenvalue weighted by molar-refractivity contribution is 7.09. The summed E-state index contributed by atoms with van der Waals surface area (Å²) < 4.78 is 16.1. The SMILES string of the molecule is COc1cc(OC)cc(C(=O)NCc2ccc(-c3csc(C)n3)o2)c1. The van der Waals surface area contributed by atoms with Crippen LogP contribution in [0.5, 0.6) is 11.5 Å². The summed E-state index contributed by atoms with van der Waals surface area (Å²) in [4.78, 5) is 16.7. The van der Waals surface area contributed by atoms with E-state index in [1.807, 2.05) is 24.4 Å². The Labute approximate surface area is 149 Å². The largest absolute Gasteiger partial charge is 0.497 e. The van der Waals surface area contributed by atoms with Crippen molar-refractivity contribution in [1.82, 2.24) is 10.3 Å². The zero-order valence-electron chi connectivity index (χ0n) is 14.2. The molecule has 2 aromatic heterocycles. The number of aryl methyl sites for hydroxylation is 1. The van der Waals surface area contributed by atoms with E-state index >= 15 is 0 Å². The molecule has 2 heterocycles. The predicted molar refractivity (Wildman–Crippen MR) is 95.3 cm³/mol. The van der Waals surface area contributed by atoms with Gasteiger partial charge in [0.05, 0.1) is 25.8 Å². The van der Waals surface area contributed by atoms with E-state index < -0.39 is 0 Å². The van der Waals surface area contributed by atoms with Crippen LogP contribution >= 0.6 is 11.3 Å². The van der Waals surface area contributed by atoms with E-state index in [-0.39, 0.29) is 12.5 Å². The van der Waals surface area contributed by atoms with Gasteiger partial charge in [0.2, 0.25) is 0 Å². The average molecular weight is 358 g/mol. The highest BCUT2D eigenvalue weighted by Gasteiger charge is 2.12. The number of ether oxygens (including phenoxy) is 2. The van der Waals surface area contributed by atoms with Gasteiger partial charge in [0.15, 0.2) is 5.76 Å². The summed E-state index contributed by atoms with van der Waals surface area (Å²) in [6.45, 7) is 2.22. The molecule has 0 saturated heterocycles. The standard InChI is InChI=1S/C18H18N2O4S/c1-11-20-16(10-25-11)17-5-4-13(24-17)9-19-18(21)12-6-14(22-2)8-15(7-12)23-3/h4-8,10H,9H2,1-3H3,(H,19,21). The topological polar surface area (TPSA) is 73.6 Å². The van der Waals surface area contributed by atoms with E-state index in [0.717, 1.165) is 10.7 Å². The van der Waals surface area contributed by atoms with Crippen molar-refractivity contribution in [1.29, 1.82) is 0 Å². The average Bonchev–Trinajstić information content (AvgIpc) is 3.27. The lowest BCUT2D eigenvalue weighted by atomic mass is 10.2. The van der Waals surface area contributed by atoms with E-state index in [2.05, 4.69) is 10.3 Å². The van der Waals surface area contributed by atoms with Crippen LogP contribution in [0.4, 0.5) is 0 Å². The van der Waals surface area contributed by atoms with Crippen molar-refractivity contribution < 1.29 is 18.7 Å². The lowest BCUT2D eigenvalue weighted by molar-refractivity contribution is 0.0947. The molecule has 0 radical (unpaired) electrons. The van der Waals surface area contributed by atoms with Crippen LogP contribution in [0.2, 0.25) is 0 Å². The van der Waals surface area contributed by atoms with Gasteiger partial charge in [-0.3, -0.25) is 4.79 Å². The van der Waals surface area contributed by atoms with E-state index in [9.17, 15) is 4.79 Å². The first-order chi connectivity index (χ1) is 12.1. The van der Waals surface area contributed by atoms with Crippen LogP contribution in [-0.4, -0.2) is 25.1 Å². The molecule has 1 amide bonds. The zero-order valence-corrected chi connectivity index (χ0v) is 15.0. The minimum Gasteiger partial charge on any atom is -0.497 e. The molecule has 25 heavy (non-hydrogen) atoms. The molecule has 1 N–H and O–H groups in total. The fraction of sp³-hybridized carbons (Fsp3) is 0.222. The van der Waals surface area contributed by atoms with Crippen molar-refractivity contribution in [2.24, 2.45) is 0 Å². The number of aromatic nitrogens is 1. The lowest BCUT2D eigenvalue weighted by Crippen LogP contribution is -2.22. The molecule has 0 aliphatic rings. The van der Waals surface area contributed by atoms with Crippen LogP contribution in [0.1, 0.15) is 21.1 Å². The van der Waals surface area contributed by atoms with E-state index in [1.54, 1.807) is 43.8 Å². The molecule has 3 aromatic rings. The third-order valence-corrected chi connectivity index (χ3v) is 4.34. The van der Waals surface area contributed by atoms with Gasteiger partial charge in [0.25, 0.3) is 5.91 Å². The smallest absolute Gasteiger partial charge is 0.251 e. The number of rotatable bonds is 6. The number of carbonyl (C=O) groups is 1. The number of carbonyl (C=O) groups excluding carboxylic acids is 1. The van der Waals surface area contributed by atoms with Gasteiger partial charge in [-0.1, -0.05) is 0 Å². The Morgan fingerprint density at radius 2 is 1.92 bits per heavy atom. The fourth-order valence-electron chi connectivity index (χ4n) is 2.30. The van der Waals surface area contributed by atoms with Crippen molar-refractivity contribution in [2.45, 2.75) is 13.5 Å². The van der Waals surface area contributed by atoms with E-state index in [4.69, 9.17) is 13.9 Å². The minimum absolute atomic E-state index is 0.236. The zero-order chi connectivity index (χ0) is 17.8. The molecule has 0 atom stereocenters. The third-order valence-electron chi connectivity index (χ3n) is 3.57. The number of amides is 1. The van der Waals surface area contributed by atoms with Crippen LogP contribution in [0, 0.1) is 6.92 Å². The van der Waals surface area contributed by atoms with Gasteiger partial charge < -0.3 is 19.2 Å². The molecule has 6 nitrogen and oxygen atoms in total. The normalized spacial score (nSPS) is 10.5. The molecule has 0 bridgehead atoms. The molecule has 0 fully saturated rings. The molecule has 0 unspecified atom stereocenters. The highest BCUT2D eigenvalue weighted by atomic mass is 32.1. The Balaban J connectivity index is 1.67. The Hall–Kier alpha value is -2.80. The van der Waals surface area contributed by atoms with Crippen LogP contribution in [0.3, 0.4) is 0 Å². The van der Waals surface area contributed by atoms with Crippen molar-refractivity contribution in [3.8, 4) is 23.0 Å². The number of methoxy groups -OCH3 is 2. The summed E-state index contributed by atoms with van der Waals surface area (Å²) in [5, 5.41) is 5.75. The molecule has 0 spiro atoms. The highest BCUT2D eigenvalue weighted by Crippen LogP contribution is 2.24. The van der Waals surface area contributed by atoms with Crippen LogP contribution < -0.4 is 14.8 Å². The second kappa shape index (κ2) is 7.40. The van der Waals surface area contributed by atoms with Gasteiger partial charge in [0, 0.05) is 17.0 Å². The molecule has 130 valence electrons. The Morgan fingerprint density at radius 1 is 1.20 bits per heavy atom. The van der Waals surface area contributed by atoms with Gasteiger partial charge in [-0.25, -0.2) is 4.98 Å². The second-order valence-corrected chi connectivity index (χ2v) is 6.36. The number of nitrogens with one attached hydrogen (secondary N) is 1. The van der Waals surface area contributed by atoms with Crippen LogP contribution in [0.25, 0.3) is 11.5 Å². The maximum Gasteiger partial charge on any atom is 0.251 e.